The second-order valence-corrected chi connectivity index (χ2v) is 5.70. The Morgan fingerprint density at radius 3 is 2.71 bits per heavy atom. The van der Waals surface area contributed by atoms with Crippen LogP contribution in [-0.4, -0.2) is 31.8 Å². The molecule has 0 bridgehead atoms. The highest BCUT2D eigenvalue weighted by atomic mass is 16.1. The molecule has 6 nitrogen and oxygen atoms in total. The van der Waals surface area contributed by atoms with E-state index in [4.69, 9.17) is 0 Å². The minimum absolute atomic E-state index is 0.0715. The number of rotatable bonds is 6. The van der Waals surface area contributed by atoms with Crippen LogP contribution in [0, 0.1) is 13.8 Å². The molecule has 2 aromatic heterocycles. The maximum Gasteiger partial charge on any atom is 0.255 e. The van der Waals surface area contributed by atoms with Gasteiger partial charge in [0, 0.05) is 25.5 Å². The fraction of sp³-hybridized carbons (Fsp3) is 0.278. The van der Waals surface area contributed by atoms with E-state index < -0.39 is 0 Å². The second kappa shape index (κ2) is 7.12. The molecule has 0 unspecified atom stereocenters. The predicted octanol–water partition coefficient (Wildman–Crippen LogP) is 2.51. The van der Waals surface area contributed by atoms with Gasteiger partial charge < -0.3 is 9.88 Å². The average Bonchev–Trinajstić information content (AvgIpc) is 3.20. The summed E-state index contributed by atoms with van der Waals surface area (Å²) in [5.41, 5.74) is 3.20. The number of aromatic nitrogens is 4. The van der Waals surface area contributed by atoms with Gasteiger partial charge >= 0.3 is 0 Å². The van der Waals surface area contributed by atoms with Gasteiger partial charge in [-0.05, 0) is 32.4 Å². The SMILES string of the molecule is Cc1nn(-c2ccccc2)c(C)c1C(=O)NCCCn1ccnc1. The van der Waals surface area contributed by atoms with Crippen molar-refractivity contribution in [1.82, 2.24) is 24.6 Å². The zero-order chi connectivity index (χ0) is 16.9. The third-order valence-electron chi connectivity index (χ3n) is 3.96. The first-order valence-corrected chi connectivity index (χ1v) is 8.02. The van der Waals surface area contributed by atoms with E-state index in [1.165, 1.54) is 0 Å². The van der Waals surface area contributed by atoms with Crippen LogP contribution in [-0.2, 0) is 6.54 Å². The van der Waals surface area contributed by atoms with Gasteiger partial charge in [-0.3, -0.25) is 4.79 Å². The molecule has 0 saturated heterocycles. The van der Waals surface area contributed by atoms with Gasteiger partial charge in [-0.2, -0.15) is 5.10 Å². The van der Waals surface area contributed by atoms with E-state index in [-0.39, 0.29) is 5.91 Å². The van der Waals surface area contributed by atoms with Crippen LogP contribution < -0.4 is 5.32 Å². The van der Waals surface area contributed by atoms with E-state index in [0.717, 1.165) is 30.0 Å². The Labute approximate surface area is 141 Å². The number of imidazole rings is 1. The lowest BCUT2D eigenvalue weighted by molar-refractivity contribution is 0.0951. The molecular formula is C18H21N5O. The number of benzene rings is 1. The van der Waals surface area contributed by atoms with E-state index >= 15 is 0 Å². The summed E-state index contributed by atoms with van der Waals surface area (Å²) in [4.78, 5) is 16.5. The topological polar surface area (TPSA) is 64.7 Å². The molecule has 0 spiro atoms. The molecule has 0 saturated carbocycles. The van der Waals surface area contributed by atoms with Crippen LogP contribution in [0.5, 0.6) is 0 Å². The predicted molar refractivity (Wildman–Crippen MR) is 92.2 cm³/mol. The fourth-order valence-corrected chi connectivity index (χ4v) is 2.76. The van der Waals surface area contributed by atoms with Gasteiger partial charge in [0.2, 0.25) is 0 Å². The van der Waals surface area contributed by atoms with Crippen molar-refractivity contribution < 1.29 is 4.79 Å². The Morgan fingerprint density at radius 1 is 1.21 bits per heavy atom. The highest BCUT2D eigenvalue weighted by Gasteiger charge is 2.18. The molecular weight excluding hydrogens is 302 g/mol. The zero-order valence-corrected chi connectivity index (χ0v) is 13.9. The number of para-hydroxylation sites is 1. The quantitative estimate of drug-likeness (QED) is 0.709. The minimum atomic E-state index is -0.0715. The lowest BCUT2D eigenvalue weighted by Gasteiger charge is -2.07. The van der Waals surface area contributed by atoms with E-state index in [0.29, 0.717) is 12.1 Å². The van der Waals surface area contributed by atoms with Gasteiger partial charge in [0.1, 0.15) is 0 Å². The molecule has 2 heterocycles. The highest BCUT2D eigenvalue weighted by molar-refractivity contribution is 5.96. The van der Waals surface area contributed by atoms with Crippen molar-refractivity contribution in [1.29, 1.82) is 0 Å². The maximum absolute atomic E-state index is 12.5. The van der Waals surface area contributed by atoms with Crippen molar-refractivity contribution in [3.8, 4) is 5.69 Å². The summed E-state index contributed by atoms with van der Waals surface area (Å²) in [5, 5.41) is 7.50. The molecule has 0 aliphatic carbocycles. The normalized spacial score (nSPS) is 10.8. The van der Waals surface area contributed by atoms with Crippen LogP contribution >= 0.6 is 0 Å². The van der Waals surface area contributed by atoms with Crippen molar-refractivity contribution in [2.75, 3.05) is 6.54 Å². The lowest BCUT2D eigenvalue weighted by Crippen LogP contribution is -2.26. The first-order chi connectivity index (χ1) is 11.7. The van der Waals surface area contributed by atoms with Crippen molar-refractivity contribution >= 4 is 5.91 Å². The summed E-state index contributed by atoms with van der Waals surface area (Å²) in [7, 11) is 0. The first kappa shape index (κ1) is 16.0. The molecule has 0 aliphatic heterocycles. The standard InChI is InChI=1S/C18H21N5O/c1-14-17(15(2)23(21-14)16-7-4-3-5-8-16)18(24)20-9-6-11-22-12-10-19-13-22/h3-5,7-8,10,12-13H,6,9,11H2,1-2H3,(H,20,24). The van der Waals surface area contributed by atoms with E-state index in [1.807, 2.05) is 59.6 Å². The summed E-state index contributed by atoms with van der Waals surface area (Å²) < 4.78 is 3.81. The Balaban J connectivity index is 1.65. The van der Waals surface area contributed by atoms with E-state index in [9.17, 15) is 4.79 Å². The summed E-state index contributed by atoms with van der Waals surface area (Å²) in [6.45, 7) is 5.24. The Morgan fingerprint density at radius 2 is 2.00 bits per heavy atom. The third kappa shape index (κ3) is 3.37. The number of carbonyl (C=O) groups is 1. The van der Waals surface area contributed by atoms with Crippen LogP contribution in [0.4, 0.5) is 0 Å². The summed E-state index contributed by atoms with van der Waals surface area (Å²) in [6.07, 6.45) is 6.30. The average molecular weight is 323 g/mol. The van der Waals surface area contributed by atoms with Gasteiger partial charge in [-0.1, -0.05) is 18.2 Å². The molecule has 3 aromatic rings. The van der Waals surface area contributed by atoms with Crippen molar-refractivity contribution in [2.45, 2.75) is 26.8 Å². The Bertz CT molecular complexity index is 806. The number of nitrogens with one attached hydrogen (secondary N) is 1. The molecule has 0 atom stereocenters. The van der Waals surface area contributed by atoms with Gasteiger partial charge in [-0.25, -0.2) is 9.67 Å². The van der Waals surface area contributed by atoms with Crippen LogP contribution in [0.3, 0.4) is 0 Å². The smallest absolute Gasteiger partial charge is 0.255 e. The number of hydrogen-bond donors (Lipinski definition) is 1. The molecule has 24 heavy (non-hydrogen) atoms. The Kier molecular flexibility index (Phi) is 4.74. The number of hydrogen-bond acceptors (Lipinski definition) is 3. The fourth-order valence-electron chi connectivity index (χ4n) is 2.76. The molecule has 1 aromatic carbocycles. The largest absolute Gasteiger partial charge is 0.352 e. The van der Waals surface area contributed by atoms with E-state index in [1.54, 1.807) is 12.5 Å². The number of aryl methyl sites for hydroxylation is 2. The zero-order valence-electron chi connectivity index (χ0n) is 13.9. The van der Waals surface area contributed by atoms with Gasteiger partial charge in [0.05, 0.1) is 29.0 Å². The monoisotopic (exact) mass is 323 g/mol. The number of amides is 1. The van der Waals surface area contributed by atoms with Crippen LogP contribution in [0.1, 0.15) is 28.2 Å². The first-order valence-electron chi connectivity index (χ1n) is 8.02. The van der Waals surface area contributed by atoms with Crippen molar-refractivity contribution in [2.24, 2.45) is 0 Å². The van der Waals surface area contributed by atoms with E-state index in [2.05, 4.69) is 15.4 Å². The Hall–Kier alpha value is -2.89. The molecule has 0 aliphatic rings. The molecule has 0 radical (unpaired) electrons. The minimum Gasteiger partial charge on any atom is -0.352 e. The second-order valence-electron chi connectivity index (χ2n) is 5.70. The number of carbonyl (C=O) groups excluding carboxylic acids is 1. The van der Waals surface area contributed by atoms with Crippen LogP contribution in [0.15, 0.2) is 49.1 Å². The number of nitrogens with zero attached hydrogens (tertiary/aromatic N) is 4. The van der Waals surface area contributed by atoms with Crippen LogP contribution in [0.2, 0.25) is 0 Å². The molecule has 1 amide bonds. The lowest BCUT2D eigenvalue weighted by atomic mass is 10.2. The van der Waals surface area contributed by atoms with Gasteiger partial charge in [-0.15, -0.1) is 0 Å². The maximum atomic E-state index is 12.5. The van der Waals surface area contributed by atoms with Gasteiger partial charge in [0.25, 0.3) is 5.91 Å². The summed E-state index contributed by atoms with van der Waals surface area (Å²) in [6, 6.07) is 9.84. The molecule has 124 valence electrons. The molecule has 6 heteroatoms. The third-order valence-corrected chi connectivity index (χ3v) is 3.96. The summed E-state index contributed by atoms with van der Waals surface area (Å²) >= 11 is 0. The molecule has 0 fully saturated rings. The van der Waals surface area contributed by atoms with Gasteiger partial charge in [0.15, 0.2) is 0 Å². The molecule has 3 rings (SSSR count). The highest BCUT2D eigenvalue weighted by Crippen LogP contribution is 2.17. The van der Waals surface area contributed by atoms with Crippen LogP contribution in [0.25, 0.3) is 5.69 Å². The van der Waals surface area contributed by atoms with Crippen molar-refractivity contribution in [3.05, 3.63) is 66.0 Å². The summed E-state index contributed by atoms with van der Waals surface area (Å²) in [5.74, 6) is -0.0715. The van der Waals surface area contributed by atoms with Crippen molar-refractivity contribution in [3.63, 3.8) is 0 Å². The molecule has 1 N–H and O–H groups in total.